The Kier molecular flexibility index (Phi) is 7.27. The van der Waals surface area contributed by atoms with E-state index in [-0.39, 0.29) is 10.8 Å². The Balaban J connectivity index is 1.84. The lowest BCUT2D eigenvalue weighted by Gasteiger charge is -2.18. The van der Waals surface area contributed by atoms with E-state index >= 15 is 0 Å². The predicted molar refractivity (Wildman–Crippen MR) is 122 cm³/mol. The fourth-order valence-electron chi connectivity index (χ4n) is 2.57. The van der Waals surface area contributed by atoms with Gasteiger partial charge in [0.2, 0.25) is 0 Å². The molecule has 0 heterocycles. The number of nitrogens with zero attached hydrogens (tertiary/aromatic N) is 2. The number of hydrazone groups is 2. The van der Waals surface area contributed by atoms with Crippen molar-refractivity contribution in [2.75, 3.05) is 0 Å². The number of carbonyl (C=O) groups is 2. The monoisotopic (exact) mass is 406 g/mol. The minimum Gasteiger partial charge on any atom is -0.262 e. The first kappa shape index (κ1) is 23.0. The molecule has 0 atom stereocenters. The van der Waals surface area contributed by atoms with Gasteiger partial charge >= 0.3 is 11.8 Å². The van der Waals surface area contributed by atoms with Gasteiger partial charge < -0.3 is 0 Å². The fourth-order valence-corrected chi connectivity index (χ4v) is 2.57. The third-order valence-electron chi connectivity index (χ3n) is 4.52. The van der Waals surface area contributed by atoms with Crippen LogP contribution in [0.2, 0.25) is 0 Å². The molecule has 2 amide bonds. The lowest BCUT2D eigenvalue weighted by Crippen LogP contribution is -2.35. The van der Waals surface area contributed by atoms with Crippen LogP contribution in [0.15, 0.2) is 58.7 Å². The highest BCUT2D eigenvalue weighted by atomic mass is 16.2. The van der Waals surface area contributed by atoms with Crippen LogP contribution in [0.4, 0.5) is 0 Å². The molecule has 2 aromatic rings. The van der Waals surface area contributed by atoms with E-state index in [4.69, 9.17) is 0 Å². The molecule has 0 bridgehead atoms. The third kappa shape index (κ3) is 6.95. The van der Waals surface area contributed by atoms with Gasteiger partial charge in [0.25, 0.3) is 0 Å². The van der Waals surface area contributed by atoms with Gasteiger partial charge in [0.15, 0.2) is 0 Å². The standard InChI is InChI=1S/C24H30N4O2/c1-23(2,3)19-11-7-17(8-12-19)15-25-27-21(29)22(30)28-26-16-18-9-13-20(14-10-18)24(4,5)6/h7-16H,1-6H3,(H,27,29)(H,28,30). The Morgan fingerprint density at radius 1 is 0.633 bits per heavy atom. The van der Waals surface area contributed by atoms with Gasteiger partial charge in [-0.05, 0) is 33.1 Å². The molecular formula is C24H30N4O2. The van der Waals surface area contributed by atoms with E-state index in [0.29, 0.717) is 0 Å². The summed E-state index contributed by atoms with van der Waals surface area (Å²) in [7, 11) is 0. The fraction of sp³-hybridized carbons (Fsp3) is 0.333. The van der Waals surface area contributed by atoms with Crippen molar-refractivity contribution in [2.45, 2.75) is 52.4 Å². The van der Waals surface area contributed by atoms with E-state index in [2.05, 4.69) is 62.6 Å². The molecule has 0 saturated heterocycles. The summed E-state index contributed by atoms with van der Waals surface area (Å²) < 4.78 is 0. The van der Waals surface area contributed by atoms with Crippen molar-refractivity contribution in [1.29, 1.82) is 0 Å². The molecule has 0 spiro atoms. The first-order chi connectivity index (χ1) is 14.0. The minimum atomic E-state index is -0.891. The Labute approximate surface area is 178 Å². The molecule has 0 aromatic heterocycles. The zero-order chi connectivity index (χ0) is 22.4. The maximum absolute atomic E-state index is 11.8. The summed E-state index contributed by atoms with van der Waals surface area (Å²) in [6, 6.07) is 15.7. The van der Waals surface area contributed by atoms with Crippen LogP contribution in [0, 0.1) is 0 Å². The van der Waals surface area contributed by atoms with Gasteiger partial charge in [-0.1, -0.05) is 90.1 Å². The molecule has 0 saturated carbocycles. The van der Waals surface area contributed by atoms with E-state index < -0.39 is 11.8 Å². The highest BCUT2D eigenvalue weighted by Gasteiger charge is 2.14. The summed E-state index contributed by atoms with van der Waals surface area (Å²) in [6.45, 7) is 12.8. The largest absolute Gasteiger partial charge is 0.331 e. The number of hydrogen-bond donors (Lipinski definition) is 2. The van der Waals surface area contributed by atoms with Gasteiger partial charge in [-0.15, -0.1) is 0 Å². The second-order valence-electron chi connectivity index (χ2n) is 9.14. The molecule has 0 aliphatic rings. The Morgan fingerprint density at radius 3 is 1.20 bits per heavy atom. The molecule has 6 heteroatoms. The van der Waals surface area contributed by atoms with Crippen molar-refractivity contribution < 1.29 is 9.59 Å². The van der Waals surface area contributed by atoms with Gasteiger partial charge in [0.05, 0.1) is 12.4 Å². The molecule has 0 aliphatic heterocycles. The van der Waals surface area contributed by atoms with Gasteiger partial charge in [-0.25, -0.2) is 10.9 Å². The average molecular weight is 407 g/mol. The predicted octanol–water partition coefficient (Wildman–Crippen LogP) is 3.88. The Hall–Kier alpha value is -3.28. The molecule has 0 fully saturated rings. The van der Waals surface area contributed by atoms with Crippen molar-refractivity contribution in [3.8, 4) is 0 Å². The van der Waals surface area contributed by atoms with Crippen LogP contribution in [-0.2, 0) is 20.4 Å². The SMILES string of the molecule is CC(C)(C)c1ccc(C=NNC(=O)C(=O)NN=Cc2ccc(C(C)(C)C)cc2)cc1. The van der Waals surface area contributed by atoms with E-state index in [1.54, 1.807) is 0 Å². The average Bonchev–Trinajstić information content (AvgIpc) is 2.67. The summed E-state index contributed by atoms with van der Waals surface area (Å²) in [5, 5.41) is 7.63. The zero-order valence-corrected chi connectivity index (χ0v) is 18.5. The number of hydrogen-bond acceptors (Lipinski definition) is 4. The van der Waals surface area contributed by atoms with Crippen molar-refractivity contribution in [2.24, 2.45) is 10.2 Å². The van der Waals surface area contributed by atoms with Crippen LogP contribution in [0.5, 0.6) is 0 Å². The van der Waals surface area contributed by atoms with Crippen molar-refractivity contribution in [3.63, 3.8) is 0 Å². The number of benzene rings is 2. The van der Waals surface area contributed by atoms with E-state index in [1.807, 2.05) is 48.5 Å². The molecule has 2 rings (SSSR count). The van der Waals surface area contributed by atoms with Crippen LogP contribution in [-0.4, -0.2) is 24.2 Å². The molecule has 6 nitrogen and oxygen atoms in total. The second kappa shape index (κ2) is 9.48. The first-order valence-corrected chi connectivity index (χ1v) is 9.84. The number of nitrogens with one attached hydrogen (secondary N) is 2. The molecule has 2 N–H and O–H groups in total. The van der Waals surface area contributed by atoms with Crippen molar-refractivity contribution in [1.82, 2.24) is 10.9 Å². The quantitative estimate of drug-likeness (QED) is 0.459. The molecule has 158 valence electrons. The molecule has 0 unspecified atom stereocenters. The van der Waals surface area contributed by atoms with Crippen LogP contribution in [0.1, 0.15) is 63.8 Å². The Bertz CT molecular complexity index is 850. The molecule has 2 aromatic carbocycles. The van der Waals surface area contributed by atoms with Crippen LogP contribution in [0.25, 0.3) is 0 Å². The third-order valence-corrected chi connectivity index (χ3v) is 4.52. The summed E-state index contributed by atoms with van der Waals surface area (Å²) in [5.41, 5.74) is 8.56. The first-order valence-electron chi connectivity index (χ1n) is 9.84. The van der Waals surface area contributed by atoms with Gasteiger partial charge in [-0.3, -0.25) is 9.59 Å². The highest BCUT2D eigenvalue weighted by molar-refractivity contribution is 6.35. The lowest BCUT2D eigenvalue weighted by molar-refractivity contribution is -0.139. The second-order valence-corrected chi connectivity index (χ2v) is 9.14. The maximum Gasteiger partial charge on any atom is 0.331 e. The zero-order valence-electron chi connectivity index (χ0n) is 18.5. The maximum atomic E-state index is 11.8. The molecular weight excluding hydrogens is 376 g/mol. The summed E-state index contributed by atoms with van der Waals surface area (Å²) in [6.07, 6.45) is 2.97. The number of carbonyl (C=O) groups excluding carboxylic acids is 2. The molecule has 0 aliphatic carbocycles. The number of amides is 2. The van der Waals surface area contributed by atoms with Gasteiger partial charge in [0, 0.05) is 0 Å². The van der Waals surface area contributed by atoms with Gasteiger partial charge in [0.1, 0.15) is 0 Å². The lowest BCUT2D eigenvalue weighted by atomic mass is 9.87. The molecule has 30 heavy (non-hydrogen) atoms. The summed E-state index contributed by atoms with van der Waals surface area (Å²) in [4.78, 5) is 23.6. The van der Waals surface area contributed by atoms with Crippen molar-refractivity contribution in [3.05, 3.63) is 70.8 Å². The normalized spacial score (nSPS) is 12.3. The topological polar surface area (TPSA) is 82.9 Å². The van der Waals surface area contributed by atoms with Gasteiger partial charge in [-0.2, -0.15) is 10.2 Å². The van der Waals surface area contributed by atoms with Crippen LogP contribution >= 0.6 is 0 Å². The van der Waals surface area contributed by atoms with E-state index in [1.165, 1.54) is 23.6 Å². The van der Waals surface area contributed by atoms with Crippen molar-refractivity contribution >= 4 is 24.2 Å². The Morgan fingerprint density at radius 2 is 0.933 bits per heavy atom. The van der Waals surface area contributed by atoms with Crippen LogP contribution < -0.4 is 10.9 Å². The smallest absolute Gasteiger partial charge is 0.262 e. The summed E-state index contributed by atoms with van der Waals surface area (Å²) in [5.74, 6) is -1.78. The van der Waals surface area contributed by atoms with E-state index in [9.17, 15) is 9.59 Å². The highest BCUT2D eigenvalue weighted by Crippen LogP contribution is 2.22. The minimum absolute atomic E-state index is 0.0666. The van der Waals surface area contributed by atoms with Crippen LogP contribution in [0.3, 0.4) is 0 Å². The molecule has 0 radical (unpaired) electrons. The number of rotatable bonds is 4. The summed E-state index contributed by atoms with van der Waals surface area (Å²) >= 11 is 0. The van der Waals surface area contributed by atoms with E-state index in [0.717, 1.165) is 11.1 Å².